The molecule has 0 bridgehead atoms. The predicted molar refractivity (Wildman–Crippen MR) is 101 cm³/mol. The van der Waals surface area contributed by atoms with Crippen molar-refractivity contribution in [3.63, 3.8) is 0 Å². The number of halogens is 1. The minimum absolute atomic E-state index is 0.170. The number of hydrogen-bond acceptors (Lipinski definition) is 4. The molecule has 0 saturated carbocycles. The van der Waals surface area contributed by atoms with Crippen LogP contribution in [0.15, 0.2) is 71.1 Å². The van der Waals surface area contributed by atoms with E-state index in [0.29, 0.717) is 5.02 Å². The Bertz CT molecular complexity index is 954. The van der Waals surface area contributed by atoms with Crippen molar-refractivity contribution in [1.82, 2.24) is 5.01 Å². The third kappa shape index (κ3) is 2.44. The lowest BCUT2D eigenvalue weighted by Crippen LogP contribution is -2.33. The largest absolute Gasteiger partial charge is 0.464 e. The summed E-state index contributed by atoms with van der Waals surface area (Å²) in [5.74, 6) is 0.913. The lowest BCUT2D eigenvalue weighted by Gasteiger charge is -2.38. The quantitative estimate of drug-likeness (QED) is 0.586. The molecule has 2 aromatic carbocycles. The van der Waals surface area contributed by atoms with Gasteiger partial charge in [-0.3, -0.25) is 0 Å². The second-order valence-corrected chi connectivity index (χ2v) is 7.51. The highest BCUT2D eigenvalue weighted by Gasteiger charge is 2.41. The first kappa shape index (κ1) is 15.0. The van der Waals surface area contributed by atoms with Crippen molar-refractivity contribution in [2.24, 2.45) is 5.10 Å². The Morgan fingerprint density at radius 2 is 1.80 bits per heavy atom. The Labute approximate surface area is 155 Å². The minimum Gasteiger partial charge on any atom is -0.464 e. The monoisotopic (exact) mass is 366 g/mol. The fourth-order valence-electron chi connectivity index (χ4n) is 3.51. The molecule has 0 unspecified atom stereocenters. The Morgan fingerprint density at radius 3 is 2.60 bits per heavy atom. The maximum Gasteiger partial charge on any atom is 0.215 e. The van der Waals surface area contributed by atoms with Crippen LogP contribution < -0.4 is 4.74 Å². The molecule has 124 valence electrons. The van der Waals surface area contributed by atoms with Gasteiger partial charge >= 0.3 is 0 Å². The van der Waals surface area contributed by atoms with E-state index in [1.165, 1.54) is 10.4 Å². The molecule has 3 heterocycles. The summed E-state index contributed by atoms with van der Waals surface area (Å²) < 4.78 is 6.32. The maximum atomic E-state index is 6.46. The lowest BCUT2D eigenvalue weighted by molar-refractivity contribution is -0.0189. The molecule has 2 aliphatic rings. The van der Waals surface area contributed by atoms with Crippen molar-refractivity contribution in [2.75, 3.05) is 0 Å². The number of hydrazone groups is 1. The van der Waals surface area contributed by atoms with Crippen molar-refractivity contribution in [1.29, 1.82) is 0 Å². The standard InChI is InChI=1S/C20H15ClN2OS/c21-15-8-3-1-6-13(15)20-23-17(14-7-2-4-9-18(14)24-20)12-16(22-23)19-10-5-11-25-19/h1-11,17,20H,12H2/t17-,20+/m0/s1. The van der Waals surface area contributed by atoms with Crippen LogP contribution in [0, 0.1) is 0 Å². The smallest absolute Gasteiger partial charge is 0.215 e. The van der Waals surface area contributed by atoms with Gasteiger partial charge in [0.15, 0.2) is 0 Å². The molecule has 0 amide bonds. The van der Waals surface area contributed by atoms with Gasteiger partial charge in [0, 0.05) is 22.6 Å². The molecule has 5 heteroatoms. The van der Waals surface area contributed by atoms with Gasteiger partial charge in [-0.15, -0.1) is 11.3 Å². The van der Waals surface area contributed by atoms with Crippen LogP contribution >= 0.6 is 22.9 Å². The number of rotatable bonds is 2. The molecule has 25 heavy (non-hydrogen) atoms. The van der Waals surface area contributed by atoms with Crippen LogP contribution in [0.1, 0.15) is 34.7 Å². The van der Waals surface area contributed by atoms with Crippen LogP contribution in [0.25, 0.3) is 0 Å². The fraction of sp³-hybridized carbons (Fsp3) is 0.150. The predicted octanol–water partition coefficient (Wildman–Crippen LogP) is 5.64. The average molecular weight is 367 g/mol. The van der Waals surface area contributed by atoms with Crippen molar-refractivity contribution >= 4 is 28.6 Å². The van der Waals surface area contributed by atoms with Gasteiger partial charge in [-0.2, -0.15) is 5.10 Å². The number of fused-ring (bicyclic) bond motifs is 3. The number of para-hydroxylation sites is 1. The average Bonchev–Trinajstić information content (AvgIpc) is 3.31. The second-order valence-electron chi connectivity index (χ2n) is 6.15. The van der Waals surface area contributed by atoms with E-state index < -0.39 is 0 Å². The molecule has 0 N–H and O–H groups in total. The summed E-state index contributed by atoms with van der Waals surface area (Å²) in [4.78, 5) is 1.21. The van der Waals surface area contributed by atoms with Gasteiger partial charge in [0.05, 0.1) is 16.6 Å². The summed E-state index contributed by atoms with van der Waals surface area (Å²) in [7, 11) is 0. The Balaban J connectivity index is 1.63. The van der Waals surface area contributed by atoms with Gasteiger partial charge in [-0.1, -0.05) is 54.1 Å². The summed E-state index contributed by atoms with van der Waals surface area (Å²) in [6, 6.07) is 20.4. The fourth-order valence-corrected chi connectivity index (χ4v) is 4.46. The zero-order valence-corrected chi connectivity index (χ0v) is 14.9. The first-order chi connectivity index (χ1) is 12.3. The minimum atomic E-state index is -0.314. The number of ether oxygens (including phenoxy) is 1. The SMILES string of the molecule is Clc1ccccc1[C@H]1Oc2ccccc2[C@@H]2CC(c3cccs3)=NN12. The highest BCUT2D eigenvalue weighted by atomic mass is 35.5. The normalized spacial score (nSPS) is 21.3. The molecular formula is C20H15ClN2OS. The van der Waals surface area contributed by atoms with Crippen LogP contribution in [0.5, 0.6) is 5.75 Å². The zero-order valence-electron chi connectivity index (χ0n) is 13.3. The molecule has 0 spiro atoms. The van der Waals surface area contributed by atoms with Crippen LogP contribution in [0.3, 0.4) is 0 Å². The van der Waals surface area contributed by atoms with Gasteiger partial charge in [0.2, 0.25) is 6.23 Å². The number of nitrogens with zero attached hydrogens (tertiary/aromatic N) is 2. The third-order valence-corrected chi connectivity index (χ3v) is 5.94. The van der Waals surface area contributed by atoms with E-state index in [9.17, 15) is 0 Å². The highest BCUT2D eigenvalue weighted by molar-refractivity contribution is 7.12. The van der Waals surface area contributed by atoms with Crippen LogP contribution in [-0.4, -0.2) is 10.7 Å². The molecule has 5 rings (SSSR count). The molecule has 3 nitrogen and oxygen atoms in total. The number of thiophene rings is 1. The van der Waals surface area contributed by atoms with E-state index >= 15 is 0 Å². The zero-order chi connectivity index (χ0) is 16.8. The molecule has 2 aliphatic heterocycles. The lowest BCUT2D eigenvalue weighted by atomic mass is 9.98. The van der Waals surface area contributed by atoms with E-state index in [0.717, 1.165) is 23.4 Å². The van der Waals surface area contributed by atoms with Crippen molar-refractivity contribution in [3.05, 3.63) is 87.1 Å². The van der Waals surface area contributed by atoms with E-state index in [4.69, 9.17) is 21.4 Å². The van der Waals surface area contributed by atoms with Gasteiger partial charge in [0.25, 0.3) is 0 Å². The summed E-state index contributed by atoms with van der Waals surface area (Å²) in [6.07, 6.45) is 0.563. The molecule has 3 aromatic rings. The van der Waals surface area contributed by atoms with Gasteiger partial charge in [-0.25, -0.2) is 5.01 Å². The first-order valence-corrected chi connectivity index (χ1v) is 9.47. The number of benzene rings is 2. The second kappa shape index (κ2) is 5.90. The van der Waals surface area contributed by atoms with Gasteiger partial charge in [-0.05, 0) is 23.6 Å². The first-order valence-electron chi connectivity index (χ1n) is 8.21. The summed E-state index contributed by atoms with van der Waals surface area (Å²) in [6.45, 7) is 0. The topological polar surface area (TPSA) is 24.8 Å². The Hall–Kier alpha value is -2.30. The van der Waals surface area contributed by atoms with Crippen LogP contribution in [-0.2, 0) is 0 Å². The van der Waals surface area contributed by atoms with E-state index in [2.05, 4.69) is 34.7 Å². The molecule has 2 atom stereocenters. The van der Waals surface area contributed by atoms with Gasteiger partial charge in [0.1, 0.15) is 5.75 Å². The van der Waals surface area contributed by atoms with Crippen LogP contribution in [0.2, 0.25) is 5.02 Å². The summed E-state index contributed by atoms with van der Waals surface area (Å²) in [5.41, 5.74) is 3.23. The van der Waals surface area contributed by atoms with E-state index in [1.807, 2.05) is 36.4 Å². The van der Waals surface area contributed by atoms with Gasteiger partial charge < -0.3 is 4.74 Å². The molecule has 0 aliphatic carbocycles. The van der Waals surface area contributed by atoms with E-state index in [-0.39, 0.29) is 12.3 Å². The third-order valence-electron chi connectivity index (χ3n) is 4.68. The molecule has 1 aromatic heterocycles. The van der Waals surface area contributed by atoms with Crippen molar-refractivity contribution in [2.45, 2.75) is 18.7 Å². The molecule has 0 saturated heterocycles. The maximum absolute atomic E-state index is 6.46. The molecule has 0 radical (unpaired) electrons. The van der Waals surface area contributed by atoms with Crippen LogP contribution in [0.4, 0.5) is 0 Å². The van der Waals surface area contributed by atoms with Crippen molar-refractivity contribution in [3.8, 4) is 5.75 Å². The molecular weight excluding hydrogens is 352 g/mol. The summed E-state index contributed by atoms with van der Waals surface area (Å²) >= 11 is 8.18. The summed E-state index contributed by atoms with van der Waals surface area (Å²) in [5, 5.41) is 9.78. The van der Waals surface area contributed by atoms with Crippen molar-refractivity contribution < 1.29 is 4.74 Å². The molecule has 0 fully saturated rings. The van der Waals surface area contributed by atoms with E-state index in [1.54, 1.807) is 11.3 Å². The highest BCUT2D eigenvalue weighted by Crippen LogP contribution is 2.48. The Kier molecular flexibility index (Phi) is 3.54. The Morgan fingerprint density at radius 1 is 1.00 bits per heavy atom. The number of hydrogen-bond donors (Lipinski definition) is 0.